The highest BCUT2D eigenvalue weighted by molar-refractivity contribution is 5.98. The third kappa shape index (κ3) is 3.50. The van der Waals surface area contributed by atoms with Crippen molar-refractivity contribution in [3.8, 4) is 6.07 Å². The predicted octanol–water partition coefficient (Wildman–Crippen LogP) is 2.03. The van der Waals surface area contributed by atoms with Gasteiger partial charge in [0.1, 0.15) is 23.0 Å². The minimum Gasteiger partial charge on any atom is -0.465 e. The summed E-state index contributed by atoms with van der Waals surface area (Å²) in [6.45, 7) is 3.08. The Morgan fingerprint density at radius 2 is 2.07 bits per heavy atom. The van der Waals surface area contributed by atoms with E-state index in [1.165, 1.54) is 19.1 Å². The maximum Gasteiger partial charge on any atom is 0.345 e. The minimum atomic E-state index is -1.20. The monoisotopic (exact) mass is 387 g/mol. The quantitative estimate of drug-likeness (QED) is 0.454. The van der Waals surface area contributed by atoms with Gasteiger partial charge in [-0.25, -0.2) is 9.59 Å². The lowest BCUT2D eigenvalue weighted by Crippen LogP contribution is -2.27. The SMILES string of the molecule is CCOC(=O)C1=C(C)OC(N)=C(C#N)C1c1cccc([N+](=O)[O-])c1C(=O)OC. The van der Waals surface area contributed by atoms with Crippen LogP contribution in [0.15, 0.2) is 41.0 Å². The molecule has 28 heavy (non-hydrogen) atoms. The summed E-state index contributed by atoms with van der Waals surface area (Å²) >= 11 is 0. The molecule has 0 aliphatic carbocycles. The van der Waals surface area contributed by atoms with Crippen LogP contribution in [0.4, 0.5) is 5.69 Å². The molecule has 146 valence electrons. The van der Waals surface area contributed by atoms with Gasteiger partial charge in [0.25, 0.3) is 5.69 Å². The number of hydrogen-bond donors (Lipinski definition) is 1. The Bertz CT molecular complexity index is 956. The van der Waals surface area contributed by atoms with E-state index in [-0.39, 0.29) is 35.0 Å². The second-order valence-corrected chi connectivity index (χ2v) is 5.61. The molecule has 0 fully saturated rings. The maximum absolute atomic E-state index is 12.5. The van der Waals surface area contributed by atoms with Crippen LogP contribution in [-0.2, 0) is 19.0 Å². The lowest BCUT2D eigenvalue weighted by Gasteiger charge is -2.27. The number of benzene rings is 1. The standard InChI is InChI=1S/C18H17N3O7/c1-4-27-18(23)13-9(2)28-16(20)11(8-19)14(13)10-6-5-7-12(21(24)25)15(10)17(22)26-3/h5-7,14H,4,20H2,1-3H3. The number of hydrogen-bond acceptors (Lipinski definition) is 9. The van der Waals surface area contributed by atoms with Gasteiger partial charge in [-0.15, -0.1) is 0 Å². The number of methoxy groups -OCH3 is 1. The molecule has 1 unspecified atom stereocenters. The highest BCUT2D eigenvalue weighted by Gasteiger charge is 2.40. The van der Waals surface area contributed by atoms with Crippen LogP contribution < -0.4 is 5.73 Å². The summed E-state index contributed by atoms with van der Waals surface area (Å²) in [6, 6.07) is 5.68. The highest BCUT2D eigenvalue weighted by atomic mass is 16.6. The van der Waals surface area contributed by atoms with Gasteiger partial charge in [-0.2, -0.15) is 5.26 Å². The van der Waals surface area contributed by atoms with Crippen LogP contribution in [0.2, 0.25) is 0 Å². The van der Waals surface area contributed by atoms with Crippen molar-refractivity contribution < 1.29 is 28.7 Å². The fourth-order valence-corrected chi connectivity index (χ4v) is 2.94. The summed E-state index contributed by atoms with van der Waals surface area (Å²) in [5.41, 5.74) is 4.61. The van der Waals surface area contributed by atoms with Crippen LogP contribution in [0.25, 0.3) is 0 Å². The molecule has 1 atom stereocenters. The van der Waals surface area contributed by atoms with Gasteiger partial charge in [0.15, 0.2) is 0 Å². The minimum absolute atomic E-state index is 0.00579. The van der Waals surface area contributed by atoms with Crippen molar-refractivity contribution in [1.82, 2.24) is 0 Å². The molecule has 0 spiro atoms. The second-order valence-electron chi connectivity index (χ2n) is 5.61. The van der Waals surface area contributed by atoms with Crippen LogP contribution in [-0.4, -0.2) is 30.6 Å². The lowest BCUT2D eigenvalue weighted by molar-refractivity contribution is -0.385. The average Bonchev–Trinajstić information content (AvgIpc) is 2.66. The van der Waals surface area contributed by atoms with Crippen molar-refractivity contribution in [2.24, 2.45) is 5.73 Å². The predicted molar refractivity (Wildman–Crippen MR) is 94.4 cm³/mol. The first kappa shape index (κ1) is 20.4. The van der Waals surface area contributed by atoms with E-state index in [0.29, 0.717) is 0 Å². The molecular weight excluding hydrogens is 370 g/mol. The highest BCUT2D eigenvalue weighted by Crippen LogP contribution is 2.42. The number of carbonyl (C=O) groups excluding carboxylic acids is 2. The molecule has 1 aromatic rings. The number of nitro groups is 1. The summed E-state index contributed by atoms with van der Waals surface area (Å²) in [7, 11) is 1.07. The van der Waals surface area contributed by atoms with Gasteiger partial charge in [0.2, 0.25) is 5.88 Å². The molecule has 10 nitrogen and oxygen atoms in total. The van der Waals surface area contributed by atoms with Crippen molar-refractivity contribution in [3.05, 3.63) is 62.2 Å². The topological polar surface area (TPSA) is 155 Å². The molecule has 1 aromatic carbocycles. The third-order valence-corrected chi connectivity index (χ3v) is 4.07. The Morgan fingerprint density at radius 1 is 1.39 bits per heavy atom. The van der Waals surface area contributed by atoms with Gasteiger partial charge in [-0.3, -0.25) is 10.1 Å². The van der Waals surface area contributed by atoms with Gasteiger partial charge < -0.3 is 19.9 Å². The number of nitrogens with two attached hydrogens (primary N) is 1. The van der Waals surface area contributed by atoms with Gasteiger partial charge >= 0.3 is 11.9 Å². The summed E-state index contributed by atoms with van der Waals surface area (Å²) in [6.07, 6.45) is 0. The van der Waals surface area contributed by atoms with Crippen molar-refractivity contribution in [2.75, 3.05) is 13.7 Å². The third-order valence-electron chi connectivity index (χ3n) is 4.07. The number of nitriles is 1. The molecule has 1 heterocycles. The summed E-state index contributed by atoms with van der Waals surface area (Å²) in [5, 5.41) is 21.0. The number of esters is 2. The Morgan fingerprint density at radius 3 is 2.61 bits per heavy atom. The Hall–Kier alpha value is -3.87. The summed E-state index contributed by atoms with van der Waals surface area (Å²) in [4.78, 5) is 35.6. The van der Waals surface area contributed by atoms with Crippen molar-refractivity contribution in [2.45, 2.75) is 19.8 Å². The molecule has 10 heteroatoms. The van der Waals surface area contributed by atoms with Crippen LogP contribution in [0, 0.1) is 21.4 Å². The molecule has 0 aromatic heterocycles. The number of nitro benzene ring substituents is 1. The molecule has 0 bridgehead atoms. The Kier molecular flexibility index (Phi) is 6.00. The van der Waals surface area contributed by atoms with E-state index in [1.54, 1.807) is 6.92 Å². The average molecular weight is 387 g/mol. The maximum atomic E-state index is 12.5. The van der Waals surface area contributed by atoms with E-state index in [1.807, 2.05) is 6.07 Å². The van der Waals surface area contributed by atoms with Gasteiger partial charge in [-0.1, -0.05) is 12.1 Å². The van der Waals surface area contributed by atoms with Crippen molar-refractivity contribution >= 4 is 17.6 Å². The summed E-state index contributed by atoms with van der Waals surface area (Å²) in [5.74, 6) is -3.22. The van der Waals surface area contributed by atoms with Crippen LogP contribution in [0.1, 0.15) is 35.7 Å². The largest absolute Gasteiger partial charge is 0.465 e. The first-order valence-electron chi connectivity index (χ1n) is 8.09. The van der Waals surface area contributed by atoms with E-state index < -0.39 is 34.0 Å². The molecule has 0 saturated carbocycles. The smallest absolute Gasteiger partial charge is 0.345 e. The zero-order valence-electron chi connectivity index (χ0n) is 15.3. The van der Waals surface area contributed by atoms with E-state index >= 15 is 0 Å². The lowest BCUT2D eigenvalue weighted by atomic mass is 9.80. The van der Waals surface area contributed by atoms with E-state index in [4.69, 9.17) is 15.2 Å². The number of carbonyl (C=O) groups is 2. The van der Waals surface area contributed by atoms with Crippen molar-refractivity contribution in [3.63, 3.8) is 0 Å². The molecule has 2 N–H and O–H groups in total. The first-order chi connectivity index (χ1) is 13.3. The first-order valence-corrected chi connectivity index (χ1v) is 8.09. The van der Waals surface area contributed by atoms with Gasteiger partial charge in [0, 0.05) is 6.07 Å². The molecule has 2 rings (SSSR count). The second kappa shape index (κ2) is 8.22. The fourth-order valence-electron chi connectivity index (χ4n) is 2.94. The molecular formula is C18H17N3O7. The van der Waals surface area contributed by atoms with Gasteiger partial charge in [0.05, 0.1) is 30.1 Å². The fraction of sp³-hybridized carbons (Fsp3) is 0.278. The molecule has 1 aliphatic rings. The van der Waals surface area contributed by atoms with Crippen LogP contribution in [0.3, 0.4) is 0 Å². The van der Waals surface area contributed by atoms with E-state index in [2.05, 4.69) is 4.74 Å². The van der Waals surface area contributed by atoms with E-state index in [0.717, 1.165) is 13.2 Å². The normalized spacial score (nSPS) is 16.1. The number of nitrogens with zero attached hydrogens (tertiary/aromatic N) is 2. The van der Waals surface area contributed by atoms with Crippen LogP contribution >= 0.6 is 0 Å². The molecule has 0 radical (unpaired) electrons. The van der Waals surface area contributed by atoms with Crippen molar-refractivity contribution in [1.29, 1.82) is 5.26 Å². The molecule has 1 aliphatic heterocycles. The van der Waals surface area contributed by atoms with Gasteiger partial charge in [-0.05, 0) is 19.4 Å². The zero-order valence-corrected chi connectivity index (χ0v) is 15.3. The Balaban J connectivity index is 2.87. The molecule has 0 amide bonds. The number of rotatable bonds is 5. The zero-order chi connectivity index (χ0) is 21.0. The van der Waals surface area contributed by atoms with E-state index in [9.17, 15) is 25.0 Å². The Labute approximate surface area is 159 Å². The summed E-state index contributed by atoms with van der Waals surface area (Å²) < 4.78 is 15.0. The number of allylic oxidation sites excluding steroid dienone is 2. The molecule has 0 saturated heterocycles. The number of ether oxygens (including phenoxy) is 3. The van der Waals surface area contributed by atoms with Crippen LogP contribution in [0.5, 0.6) is 0 Å².